The predicted molar refractivity (Wildman–Crippen MR) is 65.5 cm³/mol. The van der Waals surface area contributed by atoms with Crippen LogP contribution in [0.2, 0.25) is 0 Å². The Morgan fingerprint density at radius 1 is 1.44 bits per heavy atom. The van der Waals surface area contributed by atoms with Gasteiger partial charge in [0.05, 0.1) is 25.5 Å². The number of aromatic nitrogens is 2. The highest BCUT2D eigenvalue weighted by molar-refractivity contribution is 4.99. The Labute approximate surface area is 98.0 Å². The number of hydrogen-bond donors (Lipinski definition) is 1. The molecule has 0 aliphatic heterocycles. The zero-order chi connectivity index (χ0) is 12.0. The summed E-state index contributed by atoms with van der Waals surface area (Å²) in [6.07, 6.45) is 4.25. The Morgan fingerprint density at radius 3 is 2.75 bits per heavy atom. The van der Waals surface area contributed by atoms with Crippen molar-refractivity contribution in [1.29, 1.82) is 0 Å². The summed E-state index contributed by atoms with van der Waals surface area (Å²) in [6, 6.07) is 0.412. The summed E-state index contributed by atoms with van der Waals surface area (Å²) >= 11 is 0. The van der Waals surface area contributed by atoms with E-state index in [-0.39, 0.29) is 0 Å². The molecule has 0 amide bonds. The van der Waals surface area contributed by atoms with E-state index in [1.54, 1.807) is 0 Å². The number of aryl methyl sites for hydroxylation is 1. The molecular weight excluding hydrogens is 202 g/mol. The first-order chi connectivity index (χ1) is 7.58. The average molecular weight is 225 g/mol. The molecule has 16 heavy (non-hydrogen) atoms. The van der Waals surface area contributed by atoms with E-state index in [4.69, 9.17) is 4.74 Å². The monoisotopic (exact) mass is 225 g/mol. The third kappa shape index (κ3) is 5.28. The van der Waals surface area contributed by atoms with Gasteiger partial charge in [0.2, 0.25) is 0 Å². The molecule has 1 rings (SSSR count). The molecule has 1 aromatic rings. The molecule has 0 aromatic carbocycles. The molecule has 1 atom stereocenters. The zero-order valence-corrected chi connectivity index (χ0v) is 10.7. The summed E-state index contributed by atoms with van der Waals surface area (Å²) in [6.45, 7) is 10.9. The largest absolute Gasteiger partial charge is 0.377 e. The maximum absolute atomic E-state index is 5.46. The van der Waals surface area contributed by atoms with Crippen LogP contribution in [0.3, 0.4) is 0 Å². The Kier molecular flexibility index (Phi) is 5.49. The fourth-order valence-corrected chi connectivity index (χ4v) is 1.51. The fourth-order valence-electron chi connectivity index (χ4n) is 1.51. The van der Waals surface area contributed by atoms with Crippen LogP contribution in [0.4, 0.5) is 0 Å². The molecule has 1 heterocycles. The Balaban J connectivity index is 2.13. The van der Waals surface area contributed by atoms with Crippen LogP contribution in [0, 0.1) is 6.92 Å². The normalized spacial score (nSPS) is 13.3. The second kappa shape index (κ2) is 6.66. The highest BCUT2D eigenvalue weighted by atomic mass is 16.5. The van der Waals surface area contributed by atoms with E-state index in [9.17, 15) is 0 Å². The lowest BCUT2D eigenvalue weighted by Crippen LogP contribution is -2.33. The summed E-state index contributed by atoms with van der Waals surface area (Å²) in [5.41, 5.74) is 1.20. The van der Waals surface area contributed by atoms with Gasteiger partial charge in [-0.15, -0.1) is 0 Å². The van der Waals surface area contributed by atoms with Gasteiger partial charge in [0.1, 0.15) is 0 Å². The van der Waals surface area contributed by atoms with E-state index in [2.05, 4.69) is 44.3 Å². The molecule has 0 saturated heterocycles. The maximum Gasteiger partial charge on any atom is 0.0594 e. The van der Waals surface area contributed by atoms with Crippen molar-refractivity contribution in [3.05, 3.63) is 18.0 Å². The fraction of sp³-hybridized carbons (Fsp3) is 0.750. The van der Waals surface area contributed by atoms with Gasteiger partial charge in [-0.25, -0.2) is 0 Å². The molecule has 92 valence electrons. The molecule has 1 N–H and O–H groups in total. The number of hydrogen-bond acceptors (Lipinski definition) is 3. The average Bonchev–Trinajstić information content (AvgIpc) is 2.58. The molecule has 1 aromatic heterocycles. The molecular formula is C12H23N3O. The number of nitrogens with one attached hydrogen (secondary N) is 1. The first-order valence-corrected chi connectivity index (χ1v) is 5.92. The minimum absolute atomic E-state index is 0.311. The van der Waals surface area contributed by atoms with E-state index < -0.39 is 0 Å². The van der Waals surface area contributed by atoms with Crippen LogP contribution in [0.15, 0.2) is 12.4 Å². The molecule has 0 spiro atoms. The van der Waals surface area contributed by atoms with Crippen molar-refractivity contribution >= 4 is 0 Å². The van der Waals surface area contributed by atoms with Gasteiger partial charge in [-0.05, 0) is 33.3 Å². The van der Waals surface area contributed by atoms with Crippen molar-refractivity contribution in [2.75, 3.05) is 13.2 Å². The van der Waals surface area contributed by atoms with E-state index in [1.165, 1.54) is 5.56 Å². The summed E-state index contributed by atoms with van der Waals surface area (Å²) in [5, 5.41) is 7.67. The van der Waals surface area contributed by atoms with Gasteiger partial charge < -0.3 is 10.1 Å². The molecule has 0 bridgehead atoms. The van der Waals surface area contributed by atoms with Crippen molar-refractivity contribution in [3.63, 3.8) is 0 Å². The molecule has 0 unspecified atom stereocenters. The van der Waals surface area contributed by atoms with E-state index in [1.807, 2.05) is 10.9 Å². The summed E-state index contributed by atoms with van der Waals surface area (Å²) in [7, 11) is 0. The number of ether oxygens (including phenoxy) is 1. The minimum Gasteiger partial charge on any atom is -0.377 e. The van der Waals surface area contributed by atoms with Gasteiger partial charge >= 0.3 is 0 Å². The number of rotatable bonds is 7. The summed E-state index contributed by atoms with van der Waals surface area (Å²) in [5.74, 6) is 0. The zero-order valence-electron chi connectivity index (χ0n) is 10.7. The number of nitrogens with zero attached hydrogens (tertiary/aromatic N) is 2. The Bertz CT molecular complexity index is 296. The molecule has 0 fully saturated rings. The van der Waals surface area contributed by atoms with Gasteiger partial charge in [-0.2, -0.15) is 5.10 Å². The van der Waals surface area contributed by atoms with Gasteiger partial charge in [-0.3, -0.25) is 4.68 Å². The first kappa shape index (κ1) is 13.2. The van der Waals surface area contributed by atoms with Crippen molar-refractivity contribution < 1.29 is 4.74 Å². The summed E-state index contributed by atoms with van der Waals surface area (Å²) in [4.78, 5) is 0. The van der Waals surface area contributed by atoms with Gasteiger partial charge in [0, 0.05) is 18.8 Å². The Hall–Kier alpha value is -0.870. The van der Waals surface area contributed by atoms with Crippen LogP contribution in [0.5, 0.6) is 0 Å². The van der Waals surface area contributed by atoms with Crippen LogP contribution < -0.4 is 5.32 Å². The molecule has 4 heteroatoms. The van der Waals surface area contributed by atoms with Crippen LogP contribution in [-0.2, 0) is 11.3 Å². The van der Waals surface area contributed by atoms with Crippen molar-refractivity contribution in [2.45, 2.75) is 46.4 Å². The summed E-state index contributed by atoms with van der Waals surface area (Å²) < 4.78 is 7.43. The van der Waals surface area contributed by atoms with E-state index in [0.717, 1.165) is 19.7 Å². The third-order valence-electron chi connectivity index (χ3n) is 2.27. The van der Waals surface area contributed by atoms with Crippen LogP contribution in [0.1, 0.15) is 26.3 Å². The topological polar surface area (TPSA) is 39.1 Å². The standard InChI is InChI=1S/C12H23N3O/c1-10(2)16-6-5-13-12(4)9-15-8-11(3)7-14-15/h7-8,10,12-13H,5-6,9H2,1-4H3/t12-/m1/s1. The van der Waals surface area contributed by atoms with Crippen LogP contribution in [0.25, 0.3) is 0 Å². The van der Waals surface area contributed by atoms with Crippen molar-refractivity contribution in [2.24, 2.45) is 0 Å². The molecule has 4 nitrogen and oxygen atoms in total. The Morgan fingerprint density at radius 2 is 2.19 bits per heavy atom. The van der Waals surface area contributed by atoms with Gasteiger partial charge in [-0.1, -0.05) is 0 Å². The highest BCUT2D eigenvalue weighted by Gasteiger charge is 2.03. The second-order valence-electron chi connectivity index (χ2n) is 4.51. The van der Waals surface area contributed by atoms with E-state index >= 15 is 0 Å². The third-order valence-corrected chi connectivity index (χ3v) is 2.27. The van der Waals surface area contributed by atoms with Crippen LogP contribution >= 0.6 is 0 Å². The lowest BCUT2D eigenvalue weighted by molar-refractivity contribution is 0.0792. The smallest absolute Gasteiger partial charge is 0.0594 e. The first-order valence-electron chi connectivity index (χ1n) is 5.92. The quantitative estimate of drug-likeness (QED) is 0.716. The van der Waals surface area contributed by atoms with Crippen LogP contribution in [-0.4, -0.2) is 35.1 Å². The highest BCUT2D eigenvalue weighted by Crippen LogP contribution is 1.96. The van der Waals surface area contributed by atoms with Gasteiger partial charge in [0.15, 0.2) is 0 Å². The molecule has 0 aliphatic rings. The lowest BCUT2D eigenvalue weighted by atomic mass is 10.3. The molecule has 0 saturated carbocycles. The van der Waals surface area contributed by atoms with Crippen molar-refractivity contribution in [1.82, 2.24) is 15.1 Å². The molecule has 0 aliphatic carbocycles. The van der Waals surface area contributed by atoms with E-state index in [0.29, 0.717) is 12.1 Å². The predicted octanol–water partition coefficient (Wildman–Crippen LogP) is 1.59. The molecule has 0 radical (unpaired) electrons. The maximum atomic E-state index is 5.46. The lowest BCUT2D eigenvalue weighted by Gasteiger charge is -2.14. The second-order valence-corrected chi connectivity index (χ2v) is 4.51. The van der Waals surface area contributed by atoms with Gasteiger partial charge in [0.25, 0.3) is 0 Å². The minimum atomic E-state index is 0.311. The van der Waals surface area contributed by atoms with Crippen molar-refractivity contribution in [3.8, 4) is 0 Å². The SMILES string of the molecule is Cc1cnn(C[C@@H](C)NCCOC(C)C)c1.